The van der Waals surface area contributed by atoms with E-state index in [9.17, 15) is 9.59 Å². The van der Waals surface area contributed by atoms with E-state index in [1.54, 1.807) is 19.1 Å². The minimum absolute atomic E-state index is 0.251. The van der Waals surface area contributed by atoms with Gasteiger partial charge >= 0.3 is 6.03 Å². The van der Waals surface area contributed by atoms with Crippen LogP contribution in [0, 0.1) is 6.92 Å². The summed E-state index contributed by atoms with van der Waals surface area (Å²) in [4.78, 5) is 27.0. The van der Waals surface area contributed by atoms with Crippen LogP contribution in [0.4, 0.5) is 4.79 Å². The number of aryl methyl sites for hydroxylation is 1. The SMILES string of the molecule is Cc1ccccc1CN1C(=O)NC(C)(c2ccc(Cl)s2)C1=O. The number of carbonyl (C=O) groups excluding carboxylic acids is 2. The van der Waals surface area contributed by atoms with Gasteiger partial charge in [-0.05, 0) is 37.1 Å². The highest BCUT2D eigenvalue weighted by atomic mass is 35.5. The van der Waals surface area contributed by atoms with E-state index in [1.165, 1.54) is 16.2 Å². The van der Waals surface area contributed by atoms with E-state index < -0.39 is 5.54 Å². The standard InChI is InChI=1S/C16H15ClN2O2S/c1-10-5-3-4-6-11(10)9-19-14(20)16(2,18-15(19)21)12-7-8-13(17)22-12/h3-8H,9H2,1-2H3,(H,18,21). The van der Waals surface area contributed by atoms with Crippen LogP contribution in [0.1, 0.15) is 22.9 Å². The molecule has 1 fully saturated rings. The Hall–Kier alpha value is -1.85. The van der Waals surface area contributed by atoms with Crippen molar-refractivity contribution in [3.63, 3.8) is 0 Å². The zero-order valence-corrected chi connectivity index (χ0v) is 13.8. The molecule has 2 aromatic rings. The fourth-order valence-corrected chi connectivity index (χ4v) is 3.69. The molecule has 1 aliphatic heterocycles. The second kappa shape index (κ2) is 5.41. The monoisotopic (exact) mass is 334 g/mol. The molecule has 1 N–H and O–H groups in total. The second-order valence-electron chi connectivity index (χ2n) is 5.48. The Bertz CT molecular complexity index is 758. The largest absolute Gasteiger partial charge is 0.325 e. The molecule has 3 amide bonds. The Labute approximate surface area is 137 Å². The lowest BCUT2D eigenvalue weighted by atomic mass is 10.0. The van der Waals surface area contributed by atoms with Gasteiger partial charge < -0.3 is 5.32 Å². The van der Waals surface area contributed by atoms with Crippen molar-refractivity contribution in [1.82, 2.24) is 10.2 Å². The lowest BCUT2D eigenvalue weighted by Gasteiger charge is -2.20. The minimum atomic E-state index is -1.04. The highest BCUT2D eigenvalue weighted by Gasteiger charge is 2.49. The molecule has 3 rings (SSSR count). The predicted molar refractivity (Wildman–Crippen MR) is 86.9 cm³/mol. The van der Waals surface area contributed by atoms with Crippen molar-refractivity contribution in [1.29, 1.82) is 0 Å². The lowest BCUT2D eigenvalue weighted by molar-refractivity contribution is -0.131. The molecular weight excluding hydrogens is 320 g/mol. The molecule has 22 heavy (non-hydrogen) atoms. The van der Waals surface area contributed by atoms with Gasteiger partial charge in [-0.1, -0.05) is 35.9 Å². The fourth-order valence-electron chi connectivity index (χ4n) is 2.55. The topological polar surface area (TPSA) is 49.4 Å². The molecule has 1 saturated heterocycles. The summed E-state index contributed by atoms with van der Waals surface area (Å²) < 4.78 is 0.593. The van der Waals surface area contributed by atoms with Gasteiger partial charge in [-0.25, -0.2) is 4.79 Å². The minimum Gasteiger partial charge on any atom is -0.319 e. The summed E-state index contributed by atoms with van der Waals surface area (Å²) in [5.74, 6) is -0.251. The molecule has 0 saturated carbocycles. The molecule has 6 heteroatoms. The van der Waals surface area contributed by atoms with Crippen molar-refractivity contribution in [2.24, 2.45) is 0 Å². The first-order chi connectivity index (χ1) is 10.4. The van der Waals surface area contributed by atoms with E-state index in [0.717, 1.165) is 16.0 Å². The molecule has 1 unspecified atom stereocenters. The predicted octanol–water partition coefficient (Wildman–Crippen LogP) is 3.68. The van der Waals surface area contributed by atoms with Gasteiger partial charge in [0.25, 0.3) is 5.91 Å². The molecule has 1 atom stereocenters. The summed E-state index contributed by atoms with van der Waals surface area (Å²) in [7, 11) is 0. The van der Waals surface area contributed by atoms with E-state index in [2.05, 4.69) is 5.32 Å². The summed E-state index contributed by atoms with van der Waals surface area (Å²) in [6, 6.07) is 10.9. The third-order valence-electron chi connectivity index (χ3n) is 3.93. The number of rotatable bonds is 3. The molecule has 1 aromatic heterocycles. The van der Waals surface area contributed by atoms with Crippen molar-refractivity contribution in [2.75, 3.05) is 0 Å². The van der Waals surface area contributed by atoms with Crippen LogP contribution in [-0.2, 0) is 16.9 Å². The second-order valence-corrected chi connectivity index (χ2v) is 7.19. The normalized spacial score (nSPS) is 21.3. The van der Waals surface area contributed by atoms with Gasteiger partial charge in [0.2, 0.25) is 0 Å². The van der Waals surface area contributed by atoms with Crippen LogP contribution in [0.5, 0.6) is 0 Å². The number of nitrogens with one attached hydrogen (secondary N) is 1. The third-order valence-corrected chi connectivity index (χ3v) is 5.38. The van der Waals surface area contributed by atoms with Crippen LogP contribution in [0.3, 0.4) is 0 Å². The quantitative estimate of drug-likeness (QED) is 0.870. The number of amides is 3. The maximum atomic E-state index is 12.8. The van der Waals surface area contributed by atoms with E-state index in [4.69, 9.17) is 11.6 Å². The number of nitrogens with zero attached hydrogens (tertiary/aromatic N) is 1. The van der Waals surface area contributed by atoms with E-state index in [0.29, 0.717) is 4.34 Å². The molecule has 0 radical (unpaired) electrons. The molecule has 4 nitrogen and oxygen atoms in total. The summed E-state index contributed by atoms with van der Waals surface area (Å²) in [6.07, 6.45) is 0. The molecule has 114 valence electrons. The van der Waals surface area contributed by atoms with Gasteiger partial charge in [0, 0.05) is 4.88 Å². The number of urea groups is 1. The summed E-state index contributed by atoms with van der Waals surface area (Å²) in [6.45, 7) is 3.95. The van der Waals surface area contributed by atoms with Crippen LogP contribution in [0.25, 0.3) is 0 Å². The number of thiophene rings is 1. The number of hydrogen-bond acceptors (Lipinski definition) is 3. The van der Waals surface area contributed by atoms with Gasteiger partial charge in [0.05, 0.1) is 10.9 Å². The summed E-state index contributed by atoms with van der Waals surface area (Å²) in [5.41, 5.74) is 0.965. The average molecular weight is 335 g/mol. The van der Waals surface area contributed by atoms with Crippen molar-refractivity contribution < 1.29 is 9.59 Å². The average Bonchev–Trinajstić information content (AvgIpc) is 3.00. The lowest BCUT2D eigenvalue weighted by Crippen LogP contribution is -2.40. The Morgan fingerprint density at radius 2 is 1.95 bits per heavy atom. The van der Waals surface area contributed by atoms with Crippen LogP contribution in [0.2, 0.25) is 4.34 Å². The highest BCUT2D eigenvalue weighted by molar-refractivity contribution is 7.16. The van der Waals surface area contributed by atoms with Crippen LogP contribution in [-0.4, -0.2) is 16.8 Å². The van der Waals surface area contributed by atoms with Crippen LogP contribution < -0.4 is 5.32 Å². The number of halogens is 1. The Morgan fingerprint density at radius 1 is 1.23 bits per heavy atom. The van der Waals surface area contributed by atoms with E-state index in [-0.39, 0.29) is 18.5 Å². The van der Waals surface area contributed by atoms with Crippen molar-refractivity contribution >= 4 is 34.9 Å². The van der Waals surface area contributed by atoms with Gasteiger partial charge in [-0.15, -0.1) is 11.3 Å². The van der Waals surface area contributed by atoms with Crippen molar-refractivity contribution in [2.45, 2.75) is 25.9 Å². The number of carbonyl (C=O) groups is 2. The van der Waals surface area contributed by atoms with E-state index in [1.807, 2.05) is 31.2 Å². The number of hydrogen-bond donors (Lipinski definition) is 1. The zero-order chi connectivity index (χ0) is 15.9. The first-order valence-corrected chi connectivity index (χ1v) is 8.05. The Balaban J connectivity index is 1.90. The molecule has 2 heterocycles. The summed E-state index contributed by atoms with van der Waals surface area (Å²) in [5, 5.41) is 2.79. The highest BCUT2D eigenvalue weighted by Crippen LogP contribution is 2.35. The molecular formula is C16H15ClN2O2S. The van der Waals surface area contributed by atoms with Gasteiger partial charge in [0.15, 0.2) is 5.54 Å². The summed E-state index contributed by atoms with van der Waals surface area (Å²) >= 11 is 7.26. The Kier molecular flexibility index (Phi) is 3.70. The van der Waals surface area contributed by atoms with Crippen LogP contribution >= 0.6 is 22.9 Å². The smallest absolute Gasteiger partial charge is 0.319 e. The molecule has 0 aliphatic carbocycles. The molecule has 0 bridgehead atoms. The number of imide groups is 1. The molecule has 1 aromatic carbocycles. The Morgan fingerprint density at radius 3 is 2.59 bits per heavy atom. The van der Waals surface area contributed by atoms with E-state index >= 15 is 0 Å². The van der Waals surface area contributed by atoms with Crippen molar-refractivity contribution in [3.05, 3.63) is 56.7 Å². The zero-order valence-electron chi connectivity index (χ0n) is 12.2. The van der Waals surface area contributed by atoms with Gasteiger partial charge in [-0.3, -0.25) is 9.69 Å². The first kappa shape index (κ1) is 15.1. The van der Waals surface area contributed by atoms with Gasteiger partial charge in [0.1, 0.15) is 0 Å². The number of benzene rings is 1. The van der Waals surface area contributed by atoms with Gasteiger partial charge in [-0.2, -0.15) is 0 Å². The maximum absolute atomic E-state index is 12.8. The molecule has 1 aliphatic rings. The molecule has 0 spiro atoms. The van der Waals surface area contributed by atoms with Crippen LogP contribution in [0.15, 0.2) is 36.4 Å². The third kappa shape index (κ3) is 2.40. The van der Waals surface area contributed by atoms with Crippen molar-refractivity contribution in [3.8, 4) is 0 Å². The fraction of sp³-hybridized carbons (Fsp3) is 0.250. The first-order valence-electron chi connectivity index (χ1n) is 6.86. The maximum Gasteiger partial charge on any atom is 0.325 e.